The van der Waals surface area contributed by atoms with Crippen LogP contribution in [-0.4, -0.2) is 21.8 Å². The Bertz CT molecular complexity index is 1190. The molecule has 0 aliphatic rings. The highest BCUT2D eigenvalue weighted by molar-refractivity contribution is 7.18. The Labute approximate surface area is 162 Å². The number of nitrogens with zero attached hydrogens (tertiary/aromatic N) is 3. The normalized spacial score (nSPS) is 11.3. The molecule has 4 rings (SSSR count). The Balaban J connectivity index is 1.67. The summed E-state index contributed by atoms with van der Waals surface area (Å²) in [5.41, 5.74) is 2.21. The molecule has 4 aromatic rings. The summed E-state index contributed by atoms with van der Waals surface area (Å²) >= 11 is 3.04. The molecular formula is C19H14N4O2S2. The fourth-order valence-corrected chi connectivity index (χ4v) is 4.32. The summed E-state index contributed by atoms with van der Waals surface area (Å²) in [5, 5.41) is 11.5. The molecule has 0 bridgehead atoms. The van der Waals surface area contributed by atoms with Crippen LogP contribution in [0.25, 0.3) is 20.7 Å². The molecule has 0 radical (unpaired) electrons. The molecule has 0 unspecified atom stereocenters. The zero-order valence-electron chi connectivity index (χ0n) is 14.2. The van der Waals surface area contributed by atoms with Gasteiger partial charge < -0.3 is 5.32 Å². The van der Waals surface area contributed by atoms with Crippen LogP contribution in [0.3, 0.4) is 0 Å². The Morgan fingerprint density at radius 2 is 2.04 bits per heavy atom. The maximum atomic E-state index is 12.9. The van der Waals surface area contributed by atoms with Crippen LogP contribution < -0.4 is 10.9 Å². The van der Waals surface area contributed by atoms with Crippen molar-refractivity contribution in [1.82, 2.24) is 9.66 Å². The highest BCUT2D eigenvalue weighted by Gasteiger charge is 2.13. The zero-order valence-corrected chi connectivity index (χ0v) is 15.9. The molecule has 0 saturated heterocycles. The van der Waals surface area contributed by atoms with Gasteiger partial charge in [0, 0.05) is 28.4 Å². The molecule has 1 aromatic carbocycles. The lowest BCUT2D eigenvalue weighted by Crippen LogP contribution is -2.16. The fourth-order valence-electron chi connectivity index (χ4n) is 2.60. The molecule has 8 heteroatoms. The Morgan fingerprint density at radius 1 is 1.22 bits per heavy atom. The molecule has 134 valence electrons. The van der Waals surface area contributed by atoms with Gasteiger partial charge in [-0.25, -0.2) is 4.98 Å². The highest BCUT2D eigenvalue weighted by Crippen LogP contribution is 2.33. The molecular weight excluding hydrogens is 380 g/mol. The number of amides is 1. The number of carbonyl (C=O) groups excluding carboxylic acids is 1. The smallest absolute Gasteiger partial charge is 0.283 e. The van der Waals surface area contributed by atoms with Gasteiger partial charge in [-0.15, -0.1) is 22.7 Å². The van der Waals surface area contributed by atoms with Gasteiger partial charge in [0.1, 0.15) is 11.2 Å². The van der Waals surface area contributed by atoms with Gasteiger partial charge in [0.2, 0.25) is 5.91 Å². The largest absolute Gasteiger partial charge is 0.326 e. The molecule has 1 N–H and O–H groups in total. The molecule has 0 aliphatic heterocycles. The lowest BCUT2D eigenvalue weighted by atomic mass is 10.2. The van der Waals surface area contributed by atoms with Crippen molar-refractivity contribution in [2.24, 2.45) is 5.10 Å². The fraction of sp³-hybridized carbons (Fsp3) is 0.0526. The maximum absolute atomic E-state index is 12.9. The predicted octanol–water partition coefficient (Wildman–Crippen LogP) is 4.03. The van der Waals surface area contributed by atoms with Gasteiger partial charge in [0.15, 0.2) is 0 Å². The van der Waals surface area contributed by atoms with E-state index in [1.54, 1.807) is 29.7 Å². The van der Waals surface area contributed by atoms with Crippen molar-refractivity contribution >= 4 is 50.7 Å². The Kier molecular flexibility index (Phi) is 4.66. The second kappa shape index (κ2) is 7.26. The molecule has 0 aliphatic carbocycles. The predicted molar refractivity (Wildman–Crippen MR) is 111 cm³/mol. The molecule has 27 heavy (non-hydrogen) atoms. The van der Waals surface area contributed by atoms with Crippen LogP contribution in [-0.2, 0) is 4.79 Å². The van der Waals surface area contributed by atoms with Crippen molar-refractivity contribution in [2.75, 3.05) is 5.32 Å². The number of carbonyl (C=O) groups is 1. The minimum Gasteiger partial charge on any atom is -0.326 e. The van der Waals surface area contributed by atoms with E-state index in [0.717, 1.165) is 16.0 Å². The van der Waals surface area contributed by atoms with E-state index in [-0.39, 0.29) is 11.5 Å². The van der Waals surface area contributed by atoms with Gasteiger partial charge in [-0.05, 0) is 29.1 Å². The van der Waals surface area contributed by atoms with Crippen LogP contribution in [0.15, 0.2) is 63.4 Å². The summed E-state index contributed by atoms with van der Waals surface area (Å²) in [6.45, 7) is 1.46. The second-order valence-corrected chi connectivity index (χ2v) is 7.55. The molecule has 0 fully saturated rings. The van der Waals surface area contributed by atoms with E-state index in [1.165, 1.54) is 29.3 Å². The van der Waals surface area contributed by atoms with Crippen LogP contribution in [0.2, 0.25) is 0 Å². The first-order valence-electron chi connectivity index (χ1n) is 8.06. The topological polar surface area (TPSA) is 76.3 Å². The van der Waals surface area contributed by atoms with E-state index in [2.05, 4.69) is 15.4 Å². The first-order valence-corrected chi connectivity index (χ1v) is 9.82. The molecule has 6 nitrogen and oxygen atoms in total. The van der Waals surface area contributed by atoms with Gasteiger partial charge in [-0.3, -0.25) is 9.59 Å². The molecule has 3 aromatic heterocycles. The number of hydrogen-bond acceptors (Lipinski definition) is 6. The van der Waals surface area contributed by atoms with Crippen LogP contribution in [0.1, 0.15) is 12.5 Å². The maximum Gasteiger partial charge on any atom is 0.283 e. The molecule has 0 saturated carbocycles. The van der Waals surface area contributed by atoms with Gasteiger partial charge >= 0.3 is 0 Å². The van der Waals surface area contributed by atoms with E-state index in [0.29, 0.717) is 15.9 Å². The average Bonchev–Trinajstić information content (AvgIpc) is 3.31. The van der Waals surface area contributed by atoms with Crippen molar-refractivity contribution in [3.8, 4) is 10.4 Å². The lowest BCUT2D eigenvalue weighted by Gasteiger charge is -2.02. The summed E-state index contributed by atoms with van der Waals surface area (Å²) in [5.74, 6) is -0.125. The summed E-state index contributed by atoms with van der Waals surface area (Å²) in [7, 11) is 0. The van der Waals surface area contributed by atoms with Gasteiger partial charge in [0.05, 0.1) is 11.6 Å². The van der Waals surface area contributed by atoms with Gasteiger partial charge in [-0.2, -0.15) is 9.78 Å². The van der Waals surface area contributed by atoms with E-state index in [9.17, 15) is 9.59 Å². The number of thiophene rings is 2. The Hall–Kier alpha value is -3.10. The van der Waals surface area contributed by atoms with Crippen molar-refractivity contribution in [3.05, 3.63) is 69.4 Å². The number of rotatable bonds is 4. The first-order chi connectivity index (χ1) is 13.1. The van der Waals surface area contributed by atoms with Crippen molar-refractivity contribution < 1.29 is 4.79 Å². The van der Waals surface area contributed by atoms with E-state index in [4.69, 9.17) is 0 Å². The third-order valence-corrected chi connectivity index (χ3v) is 5.62. The third-order valence-electron chi connectivity index (χ3n) is 3.83. The third kappa shape index (κ3) is 3.57. The highest BCUT2D eigenvalue weighted by atomic mass is 32.1. The minimum atomic E-state index is -0.198. The zero-order chi connectivity index (χ0) is 18.8. The molecule has 0 atom stereocenters. The monoisotopic (exact) mass is 394 g/mol. The molecule has 0 spiro atoms. The quantitative estimate of drug-likeness (QED) is 0.531. The standard InChI is InChI=1S/C19H14N4O2S2/c1-12(24)22-14-6-4-13(5-7-14)9-21-23-11-20-18-17(19(23)25)15(10-27-18)16-3-2-8-26-16/h2-11H,1H3,(H,22,24)/b21-9-. The van der Waals surface area contributed by atoms with Crippen molar-refractivity contribution in [3.63, 3.8) is 0 Å². The minimum absolute atomic E-state index is 0.125. The van der Waals surface area contributed by atoms with Crippen molar-refractivity contribution in [2.45, 2.75) is 6.92 Å². The number of hydrogen-bond donors (Lipinski definition) is 1. The van der Waals surface area contributed by atoms with E-state index < -0.39 is 0 Å². The van der Waals surface area contributed by atoms with Gasteiger partial charge in [0.25, 0.3) is 5.56 Å². The first kappa shape index (κ1) is 17.3. The van der Waals surface area contributed by atoms with Crippen LogP contribution in [0.4, 0.5) is 5.69 Å². The summed E-state index contributed by atoms with van der Waals surface area (Å²) in [4.78, 5) is 30.0. The SMILES string of the molecule is CC(=O)Nc1ccc(/C=N\n2cnc3scc(-c4cccs4)c3c2=O)cc1. The van der Waals surface area contributed by atoms with Crippen molar-refractivity contribution in [1.29, 1.82) is 0 Å². The number of aromatic nitrogens is 2. The van der Waals surface area contributed by atoms with Crippen LogP contribution in [0.5, 0.6) is 0 Å². The summed E-state index contributed by atoms with van der Waals surface area (Å²) < 4.78 is 1.24. The number of anilines is 1. The molecule has 1 amide bonds. The lowest BCUT2D eigenvalue weighted by molar-refractivity contribution is -0.114. The van der Waals surface area contributed by atoms with Gasteiger partial charge in [-0.1, -0.05) is 18.2 Å². The number of fused-ring (bicyclic) bond motifs is 1. The number of nitrogens with one attached hydrogen (secondary N) is 1. The van der Waals surface area contributed by atoms with E-state index >= 15 is 0 Å². The molecule has 3 heterocycles. The average molecular weight is 394 g/mol. The summed E-state index contributed by atoms with van der Waals surface area (Å²) in [6, 6.07) is 11.1. The van der Waals surface area contributed by atoms with E-state index in [1.807, 2.05) is 35.0 Å². The van der Waals surface area contributed by atoms with Crippen LogP contribution >= 0.6 is 22.7 Å². The second-order valence-electron chi connectivity index (χ2n) is 5.75. The summed E-state index contributed by atoms with van der Waals surface area (Å²) in [6.07, 6.45) is 3.02. The Morgan fingerprint density at radius 3 is 2.74 bits per heavy atom. The number of benzene rings is 1. The van der Waals surface area contributed by atoms with Crippen LogP contribution in [0, 0.1) is 0 Å².